The second-order valence-corrected chi connectivity index (χ2v) is 3.37. The number of benzene rings is 1. The summed E-state index contributed by atoms with van der Waals surface area (Å²) in [6.07, 6.45) is 0. The topological polar surface area (TPSA) is 44.8 Å². The third-order valence-electron chi connectivity index (χ3n) is 1.76. The molecule has 0 amide bonds. The molecular formula is C12H11ClO4. The third kappa shape index (κ3) is 4.35. The van der Waals surface area contributed by atoms with Crippen LogP contribution in [0.5, 0.6) is 5.75 Å². The van der Waals surface area contributed by atoms with Gasteiger partial charge in [-0.1, -0.05) is 17.5 Å². The Bertz CT molecular complexity index is 459. The van der Waals surface area contributed by atoms with E-state index in [1.165, 1.54) is 14.2 Å². The van der Waals surface area contributed by atoms with Gasteiger partial charge in [-0.3, -0.25) is 0 Å². The van der Waals surface area contributed by atoms with Gasteiger partial charge >= 0.3 is 5.97 Å². The van der Waals surface area contributed by atoms with Crippen LogP contribution in [0.4, 0.5) is 0 Å². The van der Waals surface area contributed by atoms with Crippen molar-refractivity contribution in [1.82, 2.24) is 0 Å². The van der Waals surface area contributed by atoms with E-state index in [9.17, 15) is 4.79 Å². The number of carbonyl (C=O) groups is 1. The summed E-state index contributed by atoms with van der Waals surface area (Å²) in [4.78, 5) is 10.9. The normalized spacial score (nSPS) is 9.12. The van der Waals surface area contributed by atoms with E-state index in [2.05, 4.69) is 16.6 Å². The van der Waals surface area contributed by atoms with Gasteiger partial charge in [0.05, 0.1) is 12.7 Å². The van der Waals surface area contributed by atoms with Gasteiger partial charge in [0, 0.05) is 18.1 Å². The van der Waals surface area contributed by atoms with E-state index >= 15 is 0 Å². The van der Waals surface area contributed by atoms with Crippen LogP contribution in [0.2, 0.25) is 5.02 Å². The Morgan fingerprint density at radius 3 is 2.82 bits per heavy atom. The van der Waals surface area contributed by atoms with Gasteiger partial charge in [0.2, 0.25) is 0 Å². The van der Waals surface area contributed by atoms with E-state index in [0.717, 1.165) is 0 Å². The maximum absolute atomic E-state index is 10.9. The molecule has 90 valence electrons. The van der Waals surface area contributed by atoms with E-state index in [0.29, 0.717) is 16.3 Å². The van der Waals surface area contributed by atoms with Crippen molar-refractivity contribution < 1.29 is 19.0 Å². The molecule has 0 bridgehead atoms. The van der Waals surface area contributed by atoms with Crippen LogP contribution in [0.25, 0.3) is 0 Å². The van der Waals surface area contributed by atoms with Crippen LogP contribution in [0, 0.1) is 11.8 Å². The molecule has 0 fully saturated rings. The number of ether oxygens (including phenoxy) is 3. The average Bonchev–Trinajstić information content (AvgIpc) is 2.34. The summed E-state index contributed by atoms with van der Waals surface area (Å²) in [6, 6.07) is 4.92. The van der Waals surface area contributed by atoms with E-state index in [1.54, 1.807) is 18.2 Å². The van der Waals surface area contributed by atoms with Gasteiger partial charge in [0.15, 0.2) is 6.79 Å². The van der Waals surface area contributed by atoms with Crippen molar-refractivity contribution in [3.8, 4) is 17.6 Å². The fourth-order valence-electron chi connectivity index (χ4n) is 1.02. The van der Waals surface area contributed by atoms with Crippen LogP contribution in [-0.2, 0) is 14.3 Å². The molecule has 0 heterocycles. The number of carbonyl (C=O) groups excluding carboxylic acids is 1. The molecule has 1 rings (SSSR count). The average molecular weight is 255 g/mol. The second kappa shape index (κ2) is 6.79. The monoisotopic (exact) mass is 254 g/mol. The lowest BCUT2D eigenvalue weighted by Gasteiger charge is -2.06. The van der Waals surface area contributed by atoms with Crippen LogP contribution in [0.15, 0.2) is 18.2 Å². The van der Waals surface area contributed by atoms with Gasteiger partial charge in [-0.2, -0.15) is 0 Å². The van der Waals surface area contributed by atoms with Crippen LogP contribution in [-0.4, -0.2) is 27.0 Å². The van der Waals surface area contributed by atoms with Gasteiger partial charge in [-0.25, -0.2) is 4.79 Å². The van der Waals surface area contributed by atoms with E-state index in [-0.39, 0.29) is 6.79 Å². The Kier molecular flexibility index (Phi) is 5.34. The number of methoxy groups -OCH3 is 2. The second-order valence-electron chi connectivity index (χ2n) is 2.93. The molecule has 1 aromatic rings. The first-order valence-corrected chi connectivity index (χ1v) is 5.06. The fourth-order valence-corrected chi connectivity index (χ4v) is 1.19. The quantitative estimate of drug-likeness (QED) is 0.469. The lowest BCUT2D eigenvalue weighted by Crippen LogP contribution is -2.01. The van der Waals surface area contributed by atoms with E-state index < -0.39 is 5.97 Å². The smallest absolute Gasteiger partial charge is 0.384 e. The minimum atomic E-state index is -0.623. The maximum atomic E-state index is 10.9. The van der Waals surface area contributed by atoms with Crippen molar-refractivity contribution in [2.24, 2.45) is 0 Å². The first kappa shape index (κ1) is 13.4. The third-order valence-corrected chi connectivity index (χ3v) is 1.99. The summed E-state index contributed by atoms with van der Waals surface area (Å²) in [7, 11) is 2.77. The first-order valence-electron chi connectivity index (χ1n) is 4.68. The van der Waals surface area contributed by atoms with Crippen molar-refractivity contribution in [3.05, 3.63) is 28.8 Å². The highest BCUT2D eigenvalue weighted by molar-refractivity contribution is 6.30. The molecule has 0 aromatic heterocycles. The lowest BCUT2D eigenvalue weighted by atomic mass is 10.2. The minimum absolute atomic E-state index is 0.0918. The van der Waals surface area contributed by atoms with Crippen molar-refractivity contribution in [2.75, 3.05) is 21.0 Å². The van der Waals surface area contributed by atoms with Gasteiger partial charge in [-0.15, -0.1) is 0 Å². The molecule has 1 aromatic carbocycles. The summed E-state index contributed by atoms with van der Waals surface area (Å²) in [6.45, 7) is 0.0918. The molecule has 0 unspecified atom stereocenters. The summed E-state index contributed by atoms with van der Waals surface area (Å²) >= 11 is 5.83. The Labute approximate surface area is 104 Å². The zero-order valence-electron chi connectivity index (χ0n) is 9.45. The molecule has 0 saturated carbocycles. The molecular weight excluding hydrogens is 244 g/mol. The predicted octanol–water partition coefficient (Wildman–Crippen LogP) is 1.85. The molecule has 0 aliphatic carbocycles. The number of esters is 1. The zero-order valence-corrected chi connectivity index (χ0v) is 10.2. The summed E-state index contributed by atoms with van der Waals surface area (Å²) in [5.74, 6) is 4.80. The Balaban J connectivity index is 2.97. The molecule has 0 N–H and O–H groups in total. The number of hydrogen-bond donors (Lipinski definition) is 0. The van der Waals surface area contributed by atoms with Crippen molar-refractivity contribution in [3.63, 3.8) is 0 Å². The van der Waals surface area contributed by atoms with E-state index in [4.69, 9.17) is 21.1 Å². The number of hydrogen-bond acceptors (Lipinski definition) is 4. The van der Waals surface area contributed by atoms with Crippen LogP contribution < -0.4 is 4.74 Å². The van der Waals surface area contributed by atoms with Gasteiger partial charge < -0.3 is 14.2 Å². The highest BCUT2D eigenvalue weighted by atomic mass is 35.5. The number of halogens is 1. The van der Waals surface area contributed by atoms with Crippen LogP contribution >= 0.6 is 11.6 Å². The first-order chi connectivity index (χ1) is 8.17. The van der Waals surface area contributed by atoms with Gasteiger partial charge in [0.25, 0.3) is 0 Å². The molecule has 4 nitrogen and oxygen atoms in total. The molecule has 0 aliphatic rings. The van der Waals surface area contributed by atoms with Crippen LogP contribution in [0.3, 0.4) is 0 Å². The Morgan fingerprint density at radius 1 is 1.41 bits per heavy atom. The molecule has 5 heteroatoms. The number of rotatable bonds is 3. The SMILES string of the molecule is COCOc1ccc(Cl)cc1C#CC(=O)OC. The molecule has 17 heavy (non-hydrogen) atoms. The highest BCUT2D eigenvalue weighted by Gasteiger charge is 2.03. The van der Waals surface area contributed by atoms with E-state index in [1.807, 2.05) is 0 Å². The fraction of sp³-hybridized carbons (Fsp3) is 0.250. The van der Waals surface area contributed by atoms with Gasteiger partial charge in [0.1, 0.15) is 5.75 Å². The highest BCUT2D eigenvalue weighted by Crippen LogP contribution is 2.22. The molecule has 0 saturated heterocycles. The van der Waals surface area contributed by atoms with Crippen molar-refractivity contribution >= 4 is 17.6 Å². The van der Waals surface area contributed by atoms with Crippen LogP contribution in [0.1, 0.15) is 5.56 Å². The summed E-state index contributed by atoms with van der Waals surface area (Å²) < 4.78 is 14.5. The largest absolute Gasteiger partial charge is 0.466 e. The molecule has 0 atom stereocenters. The molecule has 0 radical (unpaired) electrons. The van der Waals surface area contributed by atoms with Crippen molar-refractivity contribution in [2.45, 2.75) is 0 Å². The zero-order chi connectivity index (χ0) is 12.7. The lowest BCUT2D eigenvalue weighted by molar-refractivity contribution is -0.133. The minimum Gasteiger partial charge on any atom is -0.466 e. The Hall–Kier alpha value is -1.70. The maximum Gasteiger partial charge on any atom is 0.384 e. The molecule has 0 aliphatic heterocycles. The molecule has 0 spiro atoms. The van der Waals surface area contributed by atoms with Gasteiger partial charge in [-0.05, 0) is 18.2 Å². The summed E-state index contributed by atoms with van der Waals surface area (Å²) in [5, 5.41) is 0.504. The standard InChI is InChI=1S/C12H11ClO4/c1-15-8-17-11-5-4-10(13)7-9(11)3-6-12(14)16-2/h4-5,7H,8H2,1-2H3. The Morgan fingerprint density at radius 2 is 2.18 bits per heavy atom. The summed E-state index contributed by atoms with van der Waals surface area (Å²) in [5.41, 5.74) is 0.500. The van der Waals surface area contributed by atoms with Crippen molar-refractivity contribution in [1.29, 1.82) is 0 Å². The predicted molar refractivity (Wildman–Crippen MR) is 62.9 cm³/mol.